The van der Waals surface area contributed by atoms with Crippen LogP contribution in [0.1, 0.15) is 17.2 Å². The van der Waals surface area contributed by atoms with Crippen molar-refractivity contribution in [2.75, 3.05) is 12.4 Å². The Kier molecular flexibility index (Phi) is 3.72. The average Bonchev–Trinajstić information content (AvgIpc) is 2.53. The second-order valence-electron chi connectivity index (χ2n) is 5.40. The maximum Gasteiger partial charge on any atom is 0.394 e. The molecule has 22 heavy (non-hydrogen) atoms. The smallest absolute Gasteiger partial charge is 0.394 e. The van der Waals surface area contributed by atoms with Gasteiger partial charge in [-0.05, 0) is 35.7 Å². The summed E-state index contributed by atoms with van der Waals surface area (Å²) in [5.41, 5.74) is 2.08. The van der Waals surface area contributed by atoms with E-state index in [1.807, 2.05) is 12.1 Å². The fraction of sp³-hybridized carbons (Fsp3) is 0.294. The first-order valence-corrected chi connectivity index (χ1v) is 7.04. The highest BCUT2D eigenvalue weighted by atomic mass is 19.4. The van der Waals surface area contributed by atoms with Crippen LogP contribution < -0.4 is 10.1 Å². The van der Waals surface area contributed by atoms with Gasteiger partial charge in [-0.25, -0.2) is 0 Å². The van der Waals surface area contributed by atoms with Crippen molar-refractivity contribution >= 4 is 5.69 Å². The predicted octanol–water partition coefficient (Wildman–Crippen LogP) is 4.58. The molecule has 0 bridgehead atoms. The van der Waals surface area contributed by atoms with Crippen LogP contribution in [-0.2, 0) is 6.42 Å². The fourth-order valence-corrected chi connectivity index (χ4v) is 2.89. The molecule has 2 atom stereocenters. The number of hydrogen-bond donors (Lipinski definition) is 1. The highest BCUT2D eigenvalue weighted by Crippen LogP contribution is 2.44. The second-order valence-corrected chi connectivity index (χ2v) is 5.40. The van der Waals surface area contributed by atoms with Crippen LogP contribution in [0, 0.1) is 5.92 Å². The molecule has 2 aromatic carbocycles. The lowest BCUT2D eigenvalue weighted by atomic mass is 9.83. The first kappa shape index (κ1) is 14.8. The minimum Gasteiger partial charge on any atom is -0.497 e. The van der Waals surface area contributed by atoms with Crippen molar-refractivity contribution in [1.29, 1.82) is 0 Å². The van der Waals surface area contributed by atoms with Crippen molar-refractivity contribution < 1.29 is 17.9 Å². The predicted molar refractivity (Wildman–Crippen MR) is 79.0 cm³/mol. The zero-order valence-corrected chi connectivity index (χ0v) is 12.0. The highest BCUT2D eigenvalue weighted by Gasteiger charge is 2.47. The second kappa shape index (κ2) is 5.55. The number of para-hydroxylation sites is 1. The summed E-state index contributed by atoms with van der Waals surface area (Å²) in [6, 6.07) is 13.1. The third-order valence-electron chi connectivity index (χ3n) is 4.07. The van der Waals surface area contributed by atoms with Crippen LogP contribution in [0.5, 0.6) is 5.75 Å². The number of anilines is 1. The van der Waals surface area contributed by atoms with Gasteiger partial charge in [0.15, 0.2) is 0 Å². The van der Waals surface area contributed by atoms with Crippen LogP contribution in [0.15, 0.2) is 48.5 Å². The van der Waals surface area contributed by atoms with Gasteiger partial charge >= 0.3 is 6.18 Å². The summed E-state index contributed by atoms with van der Waals surface area (Å²) in [7, 11) is 1.53. The number of rotatable bonds is 2. The molecule has 3 rings (SSSR count). The van der Waals surface area contributed by atoms with Gasteiger partial charge in [-0.2, -0.15) is 13.2 Å². The number of benzene rings is 2. The molecule has 1 N–H and O–H groups in total. The SMILES string of the molecule is COc1ccc([C@@H]2Nc3ccccc3C[C@@H]2C(F)(F)F)cc1. The molecule has 0 aromatic heterocycles. The Hall–Kier alpha value is -2.17. The van der Waals surface area contributed by atoms with Crippen LogP contribution in [0.25, 0.3) is 0 Å². The maximum absolute atomic E-state index is 13.5. The first-order valence-electron chi connectivity index (χ1n) is 7.04. The standard InChI is InChI=1S/C17H16F3NO/c1-22-13-8-6-11(7-9-13)16-14(17(18,19)20)10-12-4-2-3-5-15(12)21-16/h2-9,14,16,21H,10H2,1H3/t14-,16-/m0/s1. The number of nitrogens with one attached hydrogen (secondary N) is 1. The van der Waals surface area contributed by atoms with Crippen LogP contribution >= 0.6 is 0 Å². The summed E-state index contributed by atoms with van der Waals surface area (Å²) >= 11 is 0. The van der Waals surface area contributed by atoms with Crippen LogP contribution in [-0.4, -0.2) is 13.3 Å². The lowest BCUT2D eigenvalue weighted by Crippen LogP contribution is -2.38. The number of halogens is 3. The number of hydrogen-bond acceptors (Lipinski definition) is 2. The normalized spacial score (nSPS) is 20.9. The molecule has 0 spiro atoms. The molecule has 116 valence electrons. The Labute approximate surface area is 126 Å². The molecule has 0 aliphatic carbocycles. The molecule has 0 saturated heterocycles. The van der Waals surface area contributed by atoms with Gasteiger partial charge in [-0.1, -0.05) is 30.3 Å². The van der Waals surface area contributed by atoms with Gasteiger partial charge in [-0.15, -0.1) is 0 Å². The van der Waals surface area contributed by atoms with Crippen molar-refractivity contribution in [3.63, 3.8) is 0 Å². The van der Waals surface area contributed by atoms with E-state index in [0.717, 1.165) is 5.69 Å². The molecule has 0 radical (unpaired) electrons. The summed E-state index contributed by atoms with van der Waals surface area (Å²) in [5, 5.41) is 3.05. The third-order valence-corrected chi connectivity index (χ3v) is 4.07. The molecule has 2 aromatic rings. The van der Waals surface area contributed by atoms with E-state index in [1.54, 1.807) is 36.4 Å². The van der Waals surface area contributed by atoms with E-state index in [0.29, 0.717) is 16.9 Å². The zero-order valence-electron chi connectivity index (χ0n) is 12.0. The molecule has 0 unspecified atom stereocenters. The summed E-state index contributed by atoms with van der Waals surface area (Å²) < 4.78 is 45.4. The summed E-state index contributed by atoms with van der Waals surface area (Å²) in [6.07, 6.45) is -4.27. The van der Waals surface area contributed by atoms with Gasteiger partial charge in [0.05, 0.1) is 19.1 Å². The lowest BCUT2D eigenvalue weighted by Gasteiger charge is -2.36. The first-order chi connectivity index (χ1) is 10.5. The van der Waals surface area contributed by atoms with Crippen LogP contribution in [0.4, 0.5) is 18.9 Å². The molecule has 0 saturated carbocycles. The Bertz CT molecular complexity index is 652. The summed E-state index contributed by atoms with van der Waals surface area (Å²) in [4.78, 5) is 0. The van der Waals surface area contributed by atoms with Gasteiger partial charge in [-0.3, -0.25) is 0 Å². The van der Waals surface area contributed by atoms with Gasteiger partial charge in [0.25, 0.3) is 0 Å². The average molecular weight is 307 g/mol. The number of alkyl halides is 3. The van der Waals surface area contributed by atoms with E-state index < -0.39 is 18.1 Å². The number of methoxy groups -OCH3 is 1. The molecule has 1 aliphatic heterocycles. The molecule has 1 aliphatic rings. The van der Waals surface area contributed by atoms with E-state index in [4.69, 9.17) is 4.74 Å². The van der Waals surface area contributed by atoms with Crippen molar-refractivity contribution in [1.82, 2.24) is 0 Å². The molecule has 1 heterocycles. The van der Waals surface area contributed by atoms with E-state index in [1.165, 1.54) is 7.11 Å². The highest BCUT2D eigenvalue weighted by molar-refractivity contribution is 5.55. The van der Waals surface area contributed by atoms with E-state index >= 15 is 0 Å². The maximum atomic E-state index is 13.5. The van der Waals surface area contributed by atoms with E-state index in [2.05, 4.69) is 5.32 Å². The van der Waals surface area contributed by atoms with Crippen molar-refractivity contribution in [2.24, 2.45) is 5.92 Å². The minimum absolute atomic E-state index is 0.0105. The van der Waals surface area contributed by atoms with E-state index in [-0.39, 0.29) is 6.42 Å². The monoisotopic (exact) mass is 307 g/mol. The largest absolute Gasteiger partial charge is 0.497 e. The fourth-order valence-electron chi connectivity index (χ4n) is 2.89. The van der Waals surface area contributed by atoms with Gasteiger partial charge in [0.2, 0.25) is 0 Å². The third kappa shape index (κ3) is 2.75. The number of fused-ring (bicyclic) bond motifs is 1. The summed E-state index contributed by atoms with van der Waals surface area (Å²) in [6.45, 7) is 0. The molecular weight excluding hydrogens is 291 g/mol. The Morgan fingerprint density at radius 1 is 1.05 bits per heavy atom. The number of ether oxygens (including phenoxy) is 1. The lowest BCUT2D eigenvalue weighted by molar-refractivity contribution is -0.179. The molecule has 2 nitrogen and oxygen atoms in total. The van der Waals surface area contributed by atoms with Crippen molar-refractivity contribution in [3.05, 3.63) is 59.7 Å². The Morgan fingerprint density at radius 3 is 2.36 bits per heavy atom. The molecule has 0 amide bonds. The van der Waals surface area contributed by atoms with Gasteiger partial charge < -0.3 is 10.1 Å². The summed E-state index contributed by atoms with van der Waals surface area (Å²) in [5.74, 6) is -0.820. The van der Waals surface area contributed by atoms with Crippen molar-refractivity contribution in [2.45, 2.75) is 18.6 Å². The zero-order chi connectivity index (χ0) is 15.7. The topological polar surface area (TPSA) is 21.3 Å². The molecular formula is C17H16F3NO. The molecule has 0 fully saturated rings. The quantitative estimate of drug-likeness (QED) is 0.876. The van der Waals surface area contributed by atoms with Crippen LogP contribution in [0.3, 0.4) is 0 Å². The molecule has 5 heteroatoms. The Morgan fingerprint density at radius 2 is 1.73 bits per heavy atom. The minimum atomic E-state index is -4.26. The van der Waals surface area contributed by atoms with Crippen molar-refractivity contribution in [3.8, 4) is 5.75 Å². The van der Waals surface area contributed by atoms with Crippen LogP contribution in [0.2, 0.25) is 0 Å². The van der Waals surface area contributed by atoms with Gasteiger partial charge in [0, 0.05) is 5.69 Å². The van der Waals surface area contributed by atoms with Gasteiger partial charge in [0.1, 0.15) is 5.75 Å². The Balaban J connectivity index is 1.99. The van der Waals surface area contributed by atoms with E-state index in [9.17, 15) is 13.2 Å².